The van der Waals surface area contributed by atoms with E-state index in [-0.39, 0.29) is 17.8 Å². The first-order chi connectivity index (χ1) is 9.52. The van der Waals surface area contributed by atoms with Crippen molar-refractivity contribution in [1.29, 1.82) is 0 Å². The van der Waals surface area contributed by atoms with Crippen LogP contribution in [0, 0.1) is 5.95 Å². The summed E-state index contributed by atoms with van der Waals surface area (Å²) in [5.41, 5.74) is 0.865. The number of ether oxygens (including phenoxy) is 1. The molecule has 0 aromatic carbocycles. The van der Waals surface area contributed by atoms with Crippen molar-refractivity contribution in [3.63, 3.8) is 0 Å². The average Bonchev–Trinajstić information content (AvgIpc) is 2.46. The molecule has 1 aromatic rings. The summed E-state index contributed by atoms with van der Waals surface area (Å²) in [4.78, 5) is 26.8. The molecule has 0 atom stereocenters. The van der Waals surface area contributed by atoms with Gasteiger partial charge in [-0.15, -0.1) is 0 Å². The quantitative estimate of drug-likeness (QED) is 0.659. The predicted molar refractivity (Wildman–Crippen MR) is 67.7 cm³/mol. The van der Waals surface area contributed by atoms with E-state index in [9.17, 15) is 14.0 Å². The van der Waals surface area contributed by atoms with Gasteiger partial charge >= 0.3 is 12.1 Å². The summed E-state index contributed by atoms with van der Waals surface area (Å²) in [6.45, 7) is 0.516. The Morgan fingerprint density at radius 1 is 1.45 bits per heavy atom. The summed E-state index contributed by atoms with van der Waals surface area (Å²) in [5.74, 6) is -1.46. The van der Waals surface area contributed by atoms with Crippen molar-refractivity contribution in [2.75, 3.05) is 20.2 Å². The highest BCUT2D eigenvalue weighted by Gasteiger charge is 2.20. The van der Waals surface area contributed by atoms with Crippen molar-refractivity contribution in [2.24, 2.45) is 0 Å². The minimum Gasteiger partial charge on any atom is -0.465 e. The molecule has 106 valence electrons. The number of esters is 1. The van der Waals surface area contributed by atoms with Gasteiger partial charge in [0, 0.05) is 18.7 Å². The number of hydrogen-bond donors (Lipinski definition) is 1. The lowest BCUT2D eigenvalue weighted by atomic mass is 10.0. The molecule has 1 aromatic heterocycles. The minimum atomic E-state index is -1.00. The Labute approximate surface area is 114 Å². The molecule has 0 bridgehead atoms. The number of rotatable bonds is 2. The molecule has 1 amide bonds. The number of pyridine rings is 1. The van der Waals surface area contributed by atoms with Crippen LogP contribution in [0.25, 0.3) is 5.57 Å². The normalized spacial score (nSPS) is 14.7. The molecule has 1 aliphatic rings. The van der Waals surface area contributed by atoms with Gasteiger partial charge in [0.2, 0.25) is 5.95 Å². The van der Waals surface area contributed by atoms with Crippen molar-refractivity contribution in [3.05, 3.63) is 35.4 Å². The summed E-state index contributed by atoms with van der Waals surface area (Å²) in [6, 6.07) is 2.84. The smallest absolute Gasteiger partial charge is 0.407 e. The van der Waals surface area contributed by atoms with Gasteiger partial charge in [-0.2, -0.15) is 4.39 Å². The Balaban J connectivity index is 2.22. The SMILES string of the molecule is COC(=O)c1ccc(C2=CCN(C(=O)O)CC2)c(F)n1. The van der Waals surface area contributed by atoms with E-state index < -0.39 is 18.0 Å². The van der Waals surface area contributed by atoms with Gasteiger partial charge in [0.05, 0.1) is 7.11 Å². The molecule has 0 unspecified atom stereocenters. The number of methoxy groups -OCH3 is 1. The Morgan fingerprint density at radius 2 is 2.20 bits per heavy atom. The largest absolute Gasteiger partial charge is 0.465 e. The van der Waals surface area contributed by atoms with Crippen molar-refractivity contribution >= 4 is 17.6 Å². The van der Waals surface area contributed by atoms with Crippen LogP contribution in [0.4, 0.5) is 9.18 Å². The van der Waals surface area contributed by atoms with Crippen LogP contribution in [0.1, 0.15) is 22.5 Å². The van der Waals surface area contributed by atoms with Gasteiger partial charge in [-0.1, -0.05) is 6.08 Å². The van der Waals surface area contributed by atoms with E-state index in [1.807, 2.05) is 0 Å². The molecule has 0 saturated carbocycles. The van der Waals surface area contributed by atoms with Crippen LogP contribution in [-0.4, -0.2) is 47.3 Å². The van der Waals surface area contributed by atoms with Gasteiger partial charge in [0.1, 0.15) is 0 Å². The number of hydrogen-bond acceptors (Lipinski definition) is 4. The Bertz CT molecular complexity index is 586. The van der Waals surface area contributed by atoms with Gasteiger partial charge < -0.3 is 14.7 Å². The third-order valence-electron chi connectivity index (χ3n) is 3.07. The molecular weight excluding hydrogens is 267 g/mol. The van der Waals surface area contributed by atoms with E-state index in [2.05, 4.69) is 9.72 Å². The van der Waals surface area contributed by atoms with Crippen LogP contribution in [-0.2, 0) is 4.74 Å². The zero-order valence-corrected chi connectivity index (χ0v) is 10.8. The molecule has 6 nitrogen and oxygen atoms in total. The van der Waals surface area contributed by atoms with Crippen molar-refractivity contribution in [1.82, 2.24) is 9.88 Å². The number of nitrogens with zero attached hydrogens (tertiary/aromatic N) is 2. The zero-order valence-electron chi connectivity index (χ0n) is 10.8. The molecule has 0 aliphatic carbocycles. The first-order valence-electron chi connectivity index (χ1n) is 5.95. The highest BCUT2D eigenvalue weighted by atomic mass is 19.1. The van der Waals surface area contributed by atoms with Crippen LogP contribution in [0.15, 0.2) is 18.2 Å². The standard InChI is InChI=1S/C13H13FN2O4/c1-20-12(17)10-3-2-9(11(14)15-10)8-4-6-16(7-5-8)13(18)19/h2-4H,5-7H2,1H3,(H,18,19). The molecule has 20 heavy (non-hydrogen) atoms. The fraction of sp³-hybridized carbons (Fsp3) is 0.308. The number of amides is 1. The molecule has 2 rings (SSSR count). The van der Waals surface area contributed by atoms with Crippen molar-refractivity contribution in [2.45, 2.75) is 6.42 Å². The van der Waals surface area contributed by atoms with Gasteiger partial charge in [-0.25, -0.2) is 14.6 Å². The van der Waals surface area contributed by atoms with E-state index in [1.165, 1.54) is 24.1 Å². The lowest BCUT2D eigenvalue weighted by Crippen LogP contribution is -2.33. The summed E-state index contributed by atoms with van der Waals surface area (Å²) in [6.07, 6.45) is 1.05. The van der Waals surface area contributed by atoms with E-state index in [4.69, 9.17) is 5.11 Å². The number of halogens is 1. The summed E-state index contributed by atoms with van der Waals surface area (Å²) in [5, 5.41) is 8.83. The molecular formula is C13H13FN2O4. The summed E-state index contributed by atoms with van der Waals surface area (Å²) < 4.78 is 18.4. The van der Waals surface area contributed by atoms with E-state index in [0.29, 0.717) is 18.5 Å². The number of carbonyl (C=O) groups excluding carboxylic acids is 1. The van der Waals surface area contributed by atoms with Gasteiger partial charge in [0.25, 0.3) is 0 Å². The average molecular weight is 280 g/mol. The molecule has 0 radical (unpaired) electrons. The topological polar surface area (TPSA) is 79.7 Å². The summed E-state index contributed by atoms with van der Waals surface area (Å²) >= 11 is 0. The molecule has 1 N–H and O–H groups in total. The second kappa shape index (κ2) is 5.68. The number of carboxylic acid groups (broad SMARTS) is 1. The molecule has 0 saturated heterocycles. The van der Waals surface area contributed by atoms with Crippen LogP contribution in [0.2, 0.25) is 0 Å². The van der Waals surface area contributed by atoms with Gasteiger partial charge in [0.15, 0.2) is 5.69 Å². The lowest BCUT2D eigenvalue weighted by molar-refractivity contribution is 0.0592. The van der Waals surface area contributed by atoms with Crippen LogP contribution in [0.3, 0.4) is 0 Å². The molecule has 0 spiro atoms. The van der Waals surface area contributed by atoms with Crippen molar-refractivity contribution in [3.8, 4) is 0 Å². The first-order valence-corrected chi connectivity index (χ1v) is 5.95. The zero-order chi connectivity index (χ0) is 14.7. The predicted octanol–water partition coefficient (Wildman–Crippen LogP) is 1.77. The second-order valence-corrected chi connectivity index (χ2v) is 4.23. The fourth-order valence-electron chi connectivity index (χ4n) is 1.98. The minimum absolute atomic E-state index is 0.0997. The first kappa shape index (κ1) is 14.0. The van der Waals surface area contributed by atoms with E-state index >= 15 is 0 Å². The second-order valence-electron chi connectivity index (χ2n) is 4.23. The van der Waals surface area contributed by atoms with Gasteiger partial charge in [-0.05, 0) is 24.1 Å². The number of carbonyl (C=O) groups is 2. The van der Waals surface area contributed by atoms with E-state index in [1.54, 1.807) is 6.08 Å². The van der Waals surface area contributed by atoms with Crippen LogP contribution >= 0.6 is 0 Å². The molecule has 2 heterocycles. The van der Waals surface area contributed by atoms with Crippen LogP contribution < -0.4 is 0 Å². The number of aromatic nitrogens is 1. The Hall–Kier alpha value is -2.44. The Morgan fingerprint density at radius 3 is 2.70 bits per heavy atom. The maximum absolute atomic E-state index is 13.9. The lowest BCUT2D eigenvalue weighted by Gasteiger charge is -2.23. The molecule has 1 aliphatic heterocycles. The third-order valence-corrected chi connectivity index (χ3v) is 3.07. The Kier molecular flexibility index (Phi) is 3.97. The maximum Gasteiger partial charge on any atom is 0.407 e. The maximum atomic E-state index is 13.9. The fourth-order valence-corrected chi connectivity index (χ4v) is 1.98. The highest BCUT2D eigenvalue weighted by Crippen LogP contribution is 2.24. The molecule has 0 fully saturated rings. The summed E-state index contributed by atoms with van der Waals surface area (Å²) in [7, 11) is 1.19. The molecule has 7 heteroatoms. The van der Waals surface area contributed by atoms with Crippen LogP contribution in [0.5, 0.6) is 0 Å². The highest BCUT2D eigenvalue weighted by molar-refractivity contribution is 5.87. The third kappa shape index (κ3) is 2.76. The van der Waals surface area contributed by atoms with E-state index in [0.717, 1.165) is 0 Å². The van der Waals surface area contributed by atoms with Crippen molar-refractivity contribution < 1.29 is 23.8 Å². The van der Waals surface area contributed by atoms with Gasteiger partial charge in [-0.3, -0.25) is 0 Å². The monoisotopic (exact) mass is 280 g/mol.